The van der Waals surface area contributed by atoms with Crippen molar-refractivity contribution in [2.24, 2.45) is 0 Å². The van der Waals surface area contributed by atoms with Crippen LogP contribution in [0, 0.1) is 0 Å². The predicted octanol–water partition coefficient (Wildman–Crippen LogP) is 1.39. The fraction of sp³-hybridized carbons (Fsp3) is 0.0769. The minimum atomic E-state index is -0.199. The second kappa shape index (κ2) is 4.67. The van der Waals surface area contributed by atoms with E-state index in [0.29, 0.717) is 6.54 Å². The maximum atomic E-state index is 11.4. The average molecular weight is 298 g/mol. The number of thiophene rings is 1. The van der Waals surface area contributed by atoms with Crippen LogP contribution in [0.5, 0.6) is 0 Å². The first-order chi connectivity index (χ1) is 10.3. The van der Waals surface area contributed by atoms with Crippen LogP contribution in [0.1, 0.15) is 4.88 Å². The molecular formula is C13H10N6OS. The molecule has 4 aromatic rings. The van der Waals surface area contributed by atoms with E-state index in [1.165, 1.54) is 17.2 Å². The summed E-state index contributed by atoms with van der Waals surface area (Å²) < 4.78 is 3.26. The lowest BCUT2D eigenvalue weighted by atomic mass is 10.2. The normalized spacial score (nSPS) is 11.2. The highest BCUT2D eigenvalue weighted by molar-refractivity contribution is 7.15. The number of pyridine rings is 1. The summed E-state index contributed by atoms with van der Waals surface area (Å²) in [5.41, 5.74) is 1.70. The number of nitrogens with one attached hydrogen (secondary N) is 1. The monoisotopic (exact) mass is 298 g/mol. The van der Waals surface area contributed by atoms with Gasteiger partial charge < -0.3 is 0 Å². The number of hydrogen-bond donors (Lipinski definition) is 1. The number of rotatable bonds is 3. The molecule has 0 amide bonds. The first-order valence-electron chi connectivity index (χ1n) is 6.28. The Labute approximate surface area is 122 Å². The zero-order valence-corrected chi connectivity index (χ0v) is 11.6. The van der Waals surface area contributed by atoms with Crippen molar-refractivity contribution < 1.29 is 0 Å². The van der Waals surface area contributed by atoms with Gasteiger partial charge in [-0.3, -0.25) is 4.57 Å². The number of aromatic amines is 1. The van der Waals surface area contributed by atoms with Crippen LogP contribution in [0.25, 0.3) is 16.1 Å². The highest BCUT2D eigenvalue weighted by atomic mass is 32.1. The van der Waals surface area contributed by atoms with Crippen LogP contribution in [0.2, 0.25) is 0 Å². The van der Waals surface area contributed by atoms with Gasteiger partial charge in [-0.2, -0.15) is 10.2 Å². The smallest absolute Gasteiger partial charge is 0.276 e. The van der Waals surface area contributed by atoms with Crippen molar-refractivity contribution in [2.75, 3.05) is 0 Å². The van der Waals surface area contributed by atoms with Gasteiger partial charge in [-0.25, -0.2) is 19.4 Å². The minimum Gasteiger partial charge on any atom is -0.276 e. The Balaban J connectivity index is 1.67. The molecule has 0 spiro atoms. The molecule has 4 rings (SSSR count). The van der Waals surface area contributed by atoms with Gasteiger partial charge in [0.2, 0.25) is 0 Å². The molecule has 0 saturated heterocycles. The van der Waals surface area contributed by atoms with Crippen LogP contribution in [0.3, 0.4) is 0 Å². The third-order valence-electron chi connectivity index (χ3n) is 3.17. The van der Waals surface area contributed by atoms with Crippen LogP contribution < -0.4 is 5.69 Å². The Morgan fingerprint density at radius 2 is 2.24 bits per heavy atom. The summed E-state index contributed by atoms with van der Waals surface area (Å²) in [7, 11) is 0. The lowest BCUT2D eigenvalue weighted by Gasteiger charge is -1.98. The van der Waals surface area contributed by atoms with Gasteiger partial charge >= 0.3 is 5.69 Å². The summed E-state index contributed by atoms with van der Waals surface area (Å²) in [5, 5.41) is 10.2. The Bertz CT molecular complexity index is 962. The maximum Gasteiger partial charge on any atom is 0.343 e. The molecule has 4 aromatic heterocycles. The number of hydrogen-bond acceptors (Lipinski definition) is 5. The van der Waals surface area contributed by atoms with Crippen molar-refractivity contribution in [1.82, 2.24) is 29.4 Å². The SMILES string of the molecule is O=c1[nH]ncn1Cc1ccc(-c2ccn3ncnc3c2)s1. The van der Waals surface area contributed by atoms with E-state index in [-0.39, 0.29) is 5.69 Å². The first kappa shape index (κ1) is 12.0. The molecule has 0 radical (unpaired) electrons. The number of aromatic nitrogens is 6. The third kappa shape index (κ3) is 2.15. The molecule has 0 fully saturated rings. The molecule has 0 aromatic carbocycles. The van der Waals surface area contributed by atoms with Crippen molar-refractivity contribution in [3.8, 4) is 10.4 Å². The fourth-order valence-corrected chi connectivity index (χ4v) is 3.14. The van der Waals surface area contributed by atoms with Crippen LogP contribution in [0.15, 0.2) is 47.9 Å². The second-order valence-electron chi connectivity index (χ2n) is 4.53. The summed E-state index contributed by atoms with van der Waals surface area (Å²) in [6.45, 7) is 0.521. The van der Waals surface area contributed by atoms with Crippen LogP contribution >= 0.6 is 11.3 Å². The number of fused-ring (bicyclic) bond motifs is 1. The van der Waals surface area contributed by atoms with E-state index >= 15 is 0 Å². The number of H-pyrrole nitrogens is 1. The summed E-state index contributed by atoms with van der Waals surface area (Å²) >= 11 is 1.65. The second-order valence-corrected chi connectivity index (χ2v) is 5.70. The largest absolute Gasteiger partial charge is 0.343 e. The topological polar surface area (TPSA) is 80.9 Å². The van der Waals surface area contributed by atoms with Crippen LogP contribution in [0.4, 0.5) is 0 Å². The van der Waals surface area contributed by atoms with E-state index in [2.05, 4.69) is 20.3 Å². The van der Waals surface area contributed by atoms with E-state index in [9.17, 15) is 4.79 Å². The molecule has 0 aliphatic heterocycles. The Morgan fingerprint density at radius 3 is 3.10 bits per heavy atom. The fourth-order valence-electron chi connectivity index (χ4n) is 2.14. The molecule has 0 aliphatic rings. The van der Waals surface area contributed by atoms with Crippen molar-refractivity contribution in [3.05, 3.63) is 58.5 Å². The van der Waals surface area contributed by atoms with Gasteiger partial charge in [0.25, 0.3) is 0 Å². The zero-order chi connectivity index (χ0) is 14.2. The molecule has 0 bridgehead atoms. The molecular weight excluding hydrogens is 288 g/mol. The van der Waals surface area contributed by atoms with Crippen LogP contribution in [-0.4, -0.2) is 29.4 Å². The molecule has 1 N–H and O–H groups in total. The van der Waals surface area contributed by atoms with Gasteiger partial charge in [0.05, 0.1) is 6.54 Å². The lowest BCUT2D eigenvalue weighted by molar-refractivity contribution is 0.772. The molecule has 104 valence electrons. The van der Waals surface area contributed by atoms with Gasteiger partial charge in [0, 0.05) is 16.0 Å². The molecule has 4 heterocycles. The van der Waals surface area contributed by atoms with E-state index in [0.717, 1.165) is 21.0 Å². The predicted molar refractivity (Wildman–Crippen MR) is 78.2 cm³/mol. The molecule has 0 aliphatic carbocycles. The lowest BCUT2D eigenvalue weighted by Crippen LogP contribution is -2.16. The first-order valence-corrected chi connectivity index (χ1v) is 7.09. The summed E-state index contributed by atoms with van der Waals surface area (Å²) in [5.74, 6) is 0. The Kier molecular flexibility index (Phi) is 2.68. The summed E-state index contributed by atoms with van der Waals surface area (Å²) in [6, 6.07) is 8.06. The third-order valence-corrected chi connectivity index (χ3v) is 4.29. The van der Waals surface area contributed by atoms with Crippen molar-refractivity contribution in [2.45, 2.75) is 6.54 Å². The molecule has 0 atom stereocenters. The Hall–Kier alpha value is -2.74. The highest BCUT2D eigenvalue weighted by Gasteiger charge is 2.06. The van der Waals surface area contributed by atoms with Gasteiger partial charge in [-0.05, 0) is 29.8 Å². The summed E-state index contributed by atoms with van der Waals surface area (Å²) in [6.07, 6.45) is 4.92. The van der Waals surface area contributed by atoms with Gasteiger partial charge in [-0.15, -0.1) is 11.3 Å². The van der Waals surface area contributed by atoms with E-state index in [4.69, 9.17) is 0 Å². The van der Waals surface area contributed by atoms with Crippen molar-refractivity contribution in [1.29, 1.82) is 0 Å². The quantitative estimate of drug-likeness (QED) is 0.620. The standard InChI is InChI=1S/C13H10N6OS/c20-13-17-15-8-18(13)6-10-1-2-11(21-10)9-3-4-19-12(5-9)14-7-16-19/h1-5,7-8H,6H2,(H,17,20). The van der Waals surface area contributed by atoms with E-state index in [1.807, 2.05) is 30.5 Å². The zero-order valence-electron chi connectivity index (χ0n) is 10.8. The van der Waals surface area contributed by atoms with Crippen molar-refractivity contribution >= 4 is 17.0 Å². The van der Waals surface area contributed by atoms with Gasteiger partial charge in [0.15, 0.2) is 5.65 Å². The minimum absolute atomic E-state index is 0.199. The van der Waals surface area contributed by atoms with Crippen molar-refractivity contribution in [3.63, 3.8) is 0 Å². The average Bonchev–Trinajstić information content (AvgIpc) is 3.20. The summed E-state index contributed by atoms with van der Waals surface area (Å²) in [4.78, 5) is 17.9. The van der Waals surface area contributed by atoms with Crippen LogP contribution in [-0.2, 0) is 6.54 Å². The van der Waals surface area contributed by atoms with E-state index in [1.54, 1.807) is 15.9 Å². The number of nitrogens with zero attached hydrogens (tertiary/aromatic N) is 5. The molecule has 7 nitrogen and oxygen atoms in total. The molecule has 21 heavy (non-hydrogen) atoms. The van der Waals surface area contributed by atoms with Gasteiger partial charge in [0.1, 0.15) is 12.7 Å². The Morgan fingerprint density at radius 1 is 1.29 bits per heavy atom. The molecule has 0 saturated carbocycles. The van der Waals surface area contributed by atoms with Gasteiger partial charge in [-0.1, -0.05) is 0 Å². The molecule has 8 heteroatoms. The highest BCUT2D eigenvalue weighted by Crippen LogP contribution is 2.28. The van der Waals surface area contributed by atoms with E-state index < -0.39 is 0 Å². The maximum absolute atomic E-state index is 11.4. The molecule has 0 unspecified atom stereocenters.